The Labute approximate surface area is 571 Å². The number of carbonyl (C=O) groups is 1. The van der Waals surface area contributed by atoms with Gasteiger partial charge in [0.15, 0.2) is 12.6 Å². The summed E-state index contributed by atoms with van der Waals surface area (Å²) in [5.41, 5.74) is 0. The molecular formula is C79H153NO13. The predicted octanol–water partition coefficient (Wildman–Crippen LogP) is 18.1. The summed E-state index contributed by atoms with van der Waals surface area (Å²) in [6, 6.07) is -0.912. The molecule has 0 aromatic carbocycles. The molecule has 552 valence electrons. The number of nitrogens with one attached hydrogen (secondary N) is 1. The first kappa shape index (κ1) is 87.8. The Morgan fingerprint density at radius 1 is 0.376 bits per heavy atom. The molecule has 14 nitrogen and oxygen atoms in total. The first-order valence-corrected chi connectivity index (χ1v) is 40.4. The molecule has 93 heavy (non-hydrogen) atoms. The number of carbonyl (C=O) groups excluding carboxylic acids is 1. The topological polar surface area (TPSA) is 228 Å². The summed E-state index contributed by atoms with van der Waals surface area (Å²) in [6.45, 7) is 2.87. The SMILES string of the molecule is CCCCCCCCCCCCCCCCCCC/C=C/C(O)C(COC1OC(CO)C(OC2OC(CO)C(O)C(O)C2O)C(O)C1O)NC(=O)CCCCCCCCCCCCCCCCCCCCCCCCCCCCCCCCCCCCCCCCCC. The molecule has 2 saturated heterocycles. The van der Waals surface area contributed by atoms with Gasteiger partial charge in [0.05, 0.1) is 32.0 Å². The summed E-state index contributed by atoms with van der Waals surface area (Å²) in [5.74, 6) is -0.229. The minimum Gasteiger partial charge on any atom is -0.394 e. The fourth-order valence-corrected chi connectivity index (χ4v) is 13.8. The standard InChI is InChI=1S/C79H153NO13/c1-3-5-7-9-11-13-15-17-19-21-23-24-25-26-27-28-29-30-31-32-33-34-35-36-37-38-39-40-41-42-43-45-47-49-51-53-55-57-59-61-63-71(84)80-67(68(83)62-60-58-56-54-52-50-48-46-44-22-20-18-16-14-12-10-8-6-4-2)66-90-78-76(89)74(87)77(70(65-82)92-78)93-79-75(88)73(86)72(85)69(64-81)91-79/h60,62,67-70,72-79,81-83,85-89H,3-59,61,63-66H2,1-2H3,(H,80,84)/b62-60+. The highest BCUT2D eigenvalue weighted by atomic mass is 16.7. The fraction of sp³-hybridized carbons (Fsp3) is 0.962. The number of aliphatic hydroxyl groups is 8. The molecule has 0 aliphatic carbocycles. The number of unbranched alkanes of at least 4 members (excludes halogenated alkanes) is 56. The Bertz CT molecular complexity index is 1610. The van der Waals surface area contributed by atoms with Crippen molar-refractivity contribution < 1.29 is 64.6 Å². The van der Waals surface area contributed by atoms with Crippen LogP contribution in [0.15, 0.2) is 12.2 Å². The zero-order valence-electron chi connectivity index (χ0n) is 60.5. The maximum absolute atomic E-state index is 13.4. The second-order valence-corrected chi connectivity index (χ2v) is 28.9. The van der Waals surface area contributed by atoms with Crippen LogP contribution in [0.2, 0.25) is 0 Å². The first-order valence-electron chi connectivity index (χ1n) is 40.4. The molecule has 0 spiro atoms. The smallest absolute Gasteiger partial charge is 0.220 e. The number of hydrogen-bond acceptors (Lipinski definition) is 13. The minimum absolute atomic E-state index is 0.229. The molecule has 0 aromatic rings. The molecule has 0 radical (unpaired) electrons. The highest BCUT2D eigenvalue weighted by Crippen LogP contribution is 2.30. The van der Waals surface area contributed by atoms with Crippen molar-refractivity contribution >= 4 is 5.91 Å². The van der Waals surface area contributed by atoms with Gasteiger partial charge in [0.25, 0.3) is 0 Å². The molecule has 2 rings (SSSR count). The Hall–Kier alpha value is -1.27. The van der Waals surface area contributed by atoms with Crippen molar-refractivity contribution in [2.24, 2.45) is 0 Å². The van der Waals surface area contributed by atoms with Gasteiger partial charge in [-0.25, -0.2) is 0 Å². The van der Waals surface area contributed by atoms with Gasteiger partial charge in [0, 0.05) is 6.42 Å². The van der Waals surface area contributed by atoms with Gasteiger partial charge in [0.2, 0.25) is 5.91 Å². The maximum Gasteiger partial charge on any atom is 0.220 e. The Balaban J connectivity index is 1.54. The summed E-state index contributed by atoms with van der Waals surface area (Å²) in [5, 5.41) is 87.6. The second-order valence-electron chi connectivity index (χ2n) is 28.9. The molecule has 2 fully saturated rings. The quantitative estimate of drug-likeness (QED) is 0.0204. The number of allylic oxidation sites excluding steroid dienone is 1. The van der Waals surface area contributed by atoms with E-state index in [1.54, 1.807) is 6.08 Å². The van der Waals surface area contributed by atoms with Crippen LogP contribution in [0.4, 0.5) is 0 Å². The maximum atomic E-state index is 13.4. The van der Waals surface area contributed by atoms with Gasteiger partial charge in [-0.3, -0.25) is 4.79 Å². The van der Waals surface area contributed by atoms with Gasteiger partial charge in [-0.15, -0.1) is 0 Å². The van der Waals surface area contributed by atoms with Crippen molar-refractivity contribution in [3.63, 3.8) is 0 Å². The van der Waals surface area contributed by atoms with Crippen LogP contribution in [0, 0.1) is 0 Å². The lowest BCUT2D eigenvalue weighted by atomic mass is 9.97. The molecule has 1 amide bonds. The summed E-state index contributed by atoms with van der Waals surface area (Å²) >= 11 is 0. The Morgan fingerprint density at radius 3 is 0.989 bits per heavy atom. The third kappa shape index (κ3) is 47.4. The van der Waals surface area contributed by atoms with Crippen LogP contribution in [0.25, 0.3) is 0 Å². The molecule has 14 heteroatoms. The average molecular weight is 1330 g/mol. The van der Waals surface area contributed by atoms with Gasteiger partial charge in [-0.2, -0.15) is 0 Å². The fourth-order valence-electron chi connectivity index (χ4n) is 13.8. The number of rotatable bonds is 69. The molecule has 2 aliphatic rings. The number of hydrogen-bond donors (Lipinski definition) is 9. The largest absolute Gasteiger partial charge is 0.394 e. The van der Waals surface area contributed by atoms with Crippen LogP contribution in [-0.2, 0) is 23.7 Å². The predicted molar refractivity (Wildman–Crippen MR) is 383 cm³/mol. The average Bonchev–Trinajstić information content (AvgIpc) is 0.842. The molecule has 0 bridgehead atoms. The molecule has 2 aliphatic heterocycles. The van der Waals surface area contributed by atoms with Crippen molar-refractivity contribution in [3.8, 4) is 0 Å². The van der Waals surface area contributed by atoms with Crippen LogP contribution < -0.4 is 5.32 Å². The first-order chi connectivity index (χ1) is 45.6. The van der Waals surface area contributed by atoms with Gasteiger partial charge >= 0.3 is 0 Å². The van der Waals surface area contributed by atoms with Gasteiger partial charge in [0.1, 0.15) is 48.8 Å². The molecule has 12 unspecified atom stereocenters. The van der Waals surface area contributed by atoms with Crippen LogP contribution in [0.5, 0.6) is 0 Å². The van der Waals surface area contributed by atoms with E-state index in [0.29, 0.717) is 0 Å². The van der Waals surface area contributed by atoms with E-state index in [2.05, 4.69) is 19.2 Å². The molecule has 0 aromatic heterocycles. The van der Waals surface area contributed by atoms with Crippen LogP contribution in [-0.4, -0.2) is 140 Å². The van der Waals surface area contributed by atoms with Crippen molar-refractivity contribution in [1.82, 2.24) is 5.32 Å². The summed E-state index contributed by atoms with van der Waals surface area (Å²) in [4.78, 5) is 13.4. The van der Waals surface area contributed by atoms with E-state index in [4.69, 9.17) is 18.9 Å². The zero-order chi connectivity index (χ0) is 67.3. The highest BCUT2D eigenvalue weighted by Gasteiger charge is 2.51. The van der Waals surface area contributed by atoms with Crippen molar-refractivity contribution in [2.75, 3.05) is 19.8 Å². The summed E-state index contributed by atoms with van der Waals surface area (Å²) < 4.78 is 22.9. The lowest BCUT2D eigenvalue weighted by Gasteiger charge is -2.46. The summed E-state index contributed by atoms with van der Waals surface area (Å²) in [7, 11) is 0. The van der Waals surface area contributed by atoms with E-state index in [0.717, 1.165) is 44.9 Å². The van der Waals surface area contributed by atoms with E-state index in [1.807, 2.05) is 6.08 Å². The zero-order valence-corrected chi connectivity index (χ0v) is 60.5. The molecule has 0 saturated carbocycles. The summed E-state index contributed by atoms with van der Waals surface area (Å²) in [6.07, 6.45) is 64.6. The third-order valence-corrected chi connectivity index (χ3v) is 20.2. The van der Waals surface area contributed by atoms with E-state index in [9.17, 15) is 45.6 Å². The van der Waals surface area contributed by atoms with Crippen LogP contribution >= 0.6 is 0 Å². The van der Waals surface area contributed by atoms with Crippen molar-refractivity contribution in [1.29, 1.82) is 0 Å². The highest BCUT2D eigenvalue weighted by molar-refractivity contribution is 5.76. The number of amides is 1. The van der Waals surface area contributed by atoms with E-state index in [-0.39, 0.29) is 18.9 Å². The van der Waals surface area contributed by atoms with Gasteiger partial charge < -0.3 is 65.1 Å². The molecular weight excluding hydrogens is 1170 g/mol. The van der Waals surface area contributed by atoms with E-state index < -0.39 is 86.8 Å². The van der Waals surface area contributed by atoms with Crippen LogP contribution in [0.3, 0.4) is 0 Å². The molecule has 2 heterocycles. The van der Waals surface area contributed by atoms with Crippen molar-refractivity contribution in [2.45, 2.75) is 466 Å². The normalized spacial score (nSPS) is 22.5. The third-order valence-electron chi connectivity index (χ3n) is 20.2. The lowest BCUT2D eigenvalue weighted by Crippen LogP contribution is -2.65. The molecule has 9 N–H and O–H groups in total. The van der Waals surface area contributed by atoms with Crippen LogP contribution in [0.1, 0.15) is 393 Å². The number of aliphatic hydroxyl groups excluding tert-OH is 8. The van der Waals surface area contributed by atoms with Crippen molar-refractivity contribution in [3.05, 3.63) is 12.2 Å². The van der Waals surface area contributed by atoms with E-state index >= 15 is 0 Å². The van der Waals surface area contributed by atoms with E-state index in [1.165, 1.54) is 327 Å². The van der Waals surface area contributed by atoms with Gasteiger partial charge in [-0.05, 0) is 19.3 Å². The minimum atomic E-state index is -1.79. The Kier molecular flexibility index (Phi) is 60.6. The number of ether oxygens (including phenoxy) is 4. The molecule has 12 atom stereocenters. The lowest BCUT2D eigenvalue weighted by molar-refractivity contribution is -0.359. The van der Waals surface area contributed by atoms with Gasteiger partial charge in [-0.1, -0.05) is 379 Å². The Morgan fingerprint density at radius 2 is 0.667 bits per heavy atom. The second kappa shape index (κ2) is 64.1. The monoisotopic (exact) mass is 1320 g/mol.